The second-order valence-corrected chi connectivity index (χ2v) is 6.41. The van der Waals surface area contributed by atoms with Crippen LogP contribution in [0.1, 0.15) is 29.7 Å². The Bertz CT molecular complexity index is 607. The van der Waals surface area contributed by atoms with Crippen molar-refractivity contribution in [2.24, 2.45) is 4.99 Å². The number of hydrogen-bond acceptors (Lipinski definition) is 3. The minimum atomic E-state index is -1.00. The van der Waals surface area contributed by atoms with Crippen LogP contribution >= 0.6 is 11.8 Å². The molecule has 0 amide bonds. The molecule has 20 heavy (non-hydrogen) atoms. The van der Waals surface area contributed by atoms with Crippen LogP contribution in [0.25, 0.3) is 0 Å². The van der Waals surface area contributed by atoms with Gasteiger partial charge in [-0.1, -0.05) is 72.4 Å². The zero-order valence-corrected chi connectivity index (χ0v) is 12.2. The Morgan fingerprint density at radius 1 is 1.05 bits per heavy atom. The monoisotopic (exact) mass is 283 g/mol. The second kappa shape index (κ2) is 5.43. The van der Waals surface area contributed by atoms with Crippen molar-refractivity contribution in [1.29, 1.82) is 0 Å². The molecule has 0 fully saturated rings. The van der Waals surface area contributed by atoms with Crippen LogP contribution in [0.15, 0.2) is 65.7 Å². The predicted molar refractivity (Wildman–Crippen MR) is 85.0 cm³/mol. The zero-order valence-electron chi connectivity index (χ0n) is 11.4. The van der Waals surface area contributed by atoms with E-state index < -0.39 is 5.72 Å². The van der Waals surface area contributed by atoms with Crippen molar-refractivity contribution in [2.45, 2.75) is 24.3 Å². The van der Waals surface area contributed by atoms with Crippen LogP contribution in [0.3, 0.4) is 0 Å². The lowest BCUT2D eigenvalue weighted by molar-refractivity contribution is 0.0593. The third kappa shape index (κ3) is 2.94. The van der Waals surface area contributed by atoms with Gasteiger partial charge in [0.05, 0.1) is 0 Å². The van der Waals surface area contributed by atoms with Gasteiger partial charge in [-0.25, -0.2) is 4.99 Å². The summed E-state index contributed by atoms with van der Waals surface area (Å²) in [6.07, 6.45) is 0.637. The Balaban J connectivity index is 1.94. The summed E-state index contributed by atoms with van der Waals surface area (Å²) in [5, 5.41) is 11.6. The molecule has 0 aromatic heterocycles. The summed E-state index contributed by atoms with van der Waals surface area (Å²) in [5.74, 6) is 0. The standard InChI is InChI=1S/C17H17NOS/c1-17(19)12-15(13-8-4-2-5-9-13)20-16(18-17)14-10-6-3-7-11-14/h2-11,15,19H,12H2,1H3. The number of thioether (sulfide) groups is 1. The molecular weight excluding hydrogens is 266 g/mol. The fraction of sp³-hybridized carbons (Fsp3) is 0.235. The second-order valence-electron chi connectivity index (χ2n) is 5.22. The van der Waals surface area contributed by atoms with E-state index in [-0.39, 0.29) is 5.25 Å². The van der Waals surface area contributed by atoms with E-state index in [2.05, 4.69) is 17.1 Å². The summed E-state index contributed by atoms with van der Waals surface area (Å²) in [5.41, 5.74) is 1.30. The van der Waals surface area contributed by atoms with E-state index in [9.17, 15) is 5.11 Å². The average molecular weight is 283 g/mol. The first-order valence-electron chi connectivity index (χ1n) is 6.73. The molecule has 3 heteroatoms. The van der Waals surface area contributed by atoms with Gasteiger partial charge >= 0.3 is 0 Å². The summed E-state index contributed by atoms with van der Waals surface area (Å²) in [6, 6.07) is 20.4. The van der Waals surface area contributed by atoms with Crippen LogP contribution in [0.4, 0.5) is 0 Å². The van der Waals surface area contributed by atoms with Gasteiger partial charge in [0.25, 0.3) is 0 Å². The van der Waals surface area contributed by atoms with Gasteiger partial charge in [-0.15, -0.1) is 0 Å². The average Bonchev–Trinajstić information content (AvgIpc) is 2.47. The van der Waals surface area contributed by atoms with Gasteiger partial charge in [0, 0.05) is 17.2 Å². The van der Waals surface area contributed by atoms with E-state index in [0.717, 1.165) is 10.6 Å². The maximum absolute atomic E-state index is 10.4. The lowest BCUT2D eigenvalue weighted by Crippen LogP contribution is -2.29. The SMILES string of the molecule is CC1(O)CC(c2ccccc2)SC(c2ccccc2)=N1. The molecular formula is C17H17NOS. The molecule has 3 rings (SSSR count). The molecule has 0 aliphatic carbocycles. The molecule has 2 unspecified atom stereocenters. The van der Waals surface area contributed by atoms with Gasteiger partial charge in [0.2, 0.25) is 0 Å². The molecule has 1 heterocycles. The number of aliphatic imine (C=N–C) groups is 1. The highest BCUT2D eigenvalue weighted by molar-refractivity contribution is 8.14. The Labute approximate surface area is 123 Å². The van der Waals surface area contributed by atoms with Crippen molar-refractivity contribution < 1.29 is 5.11 Å². The third-order valence-electron chi connectivity index (χ3n) is 3.36. The minimum Gasteiger partial charge on any atom is -0.369 e. The number of rotatable bonds is 2. The lowest BCUT2D eigenvalue weighted by atomic mass is 10.0. The maximum Gasteiger partial charge on any atom is 0.155 e. The summed E-state index contributed by atoms with van der Waals surface area (Å²) in [4.78, 5) is 4.50. The van der Waals surface area contributed by atoms with Gasteiger partial charge in [0.15, 0.2) is 5.72 Å². The molecule has 1 N–H and O–H groups in total. The van der Waals surface area contributed by atoms with Gasteiger partial charge in [0.1, 0.15) is 5.04 Å². The highest BCUT2D eigenvalue weighted by Gasteiger charge is 2.32. The normalized spacial score (nSPS) is 26.1. The first-order chi connectivity index (χ1) is 9.64. The fourth-order valence-electron chi connectivity index (χ4n) is 2.39. The van der Waals surface area contributed by atoms with E-state index >= 15 is 0 Å². The molecule has 1 aliphatic heterocycles. The van der Waals surface area contributed by atoms with Gasteiger partial charge < -0.3 is 5.11 Å². The summed E-state index contributed by atoms with van der Waals surface area (Å²) < 4.78 is 0. The van der Waals surface area contributed by atoms with E-state index in [4.69, 9.17) is 0 Å². The lowest BCUT2D eigenvalue weighted by Gasteiger charge is -2.31. The molecule has 2 nitrogen and oxygen atoms in total. The van der Waals surface area contributed by atoms with Gasteiger partial charge in [-0.2, -0.15) is 0 Å². The summed E-state index contributed by atoms with van der Waals surface area (Å²) in [6.45, 7) is 1.78. The third-order valence-corrected chi connectivity index (χ3v) is 4.63. The highest BCUT2D eigenvalue weighted by atomic mass is 32.2. The Hall–Kier alpha value is -1.58. The van der Waals surface area contributed by atoms with Crippen molar-refractivity contribution in [1.82, 2.24) is 0 Å². The number of aliphatic hydroxyl groups is 1. The summed E-state index contributed by atoms with van der Waals surface area (Å²) >= 11 is 1.73. The molecule has 0 saturated carbocycles. The van der Waals surface area contributed by atoms with Gasteiger partial charge in [-0.05, 0) is 12.5 Å². The van der Waals surface area contributed by atoms with Crippen LogP contribution in [-0.4, -0.2) is 15.9 Å². The van der Waals surface area contributed by atoms with Crippen LogP contribution in [0, 0.1) is 0 Å². The van der Waals surface area contributed by atoms with E-state index in [0.29, 0.717) is 6.42 Å². The molecule has 0 spiro atoms. The smallest absolute Gasteiger partial charge is 0.155 e. The van der Waals surface area contributed by atoms with Crippen molar-refractivity contribution in [3.05, 3.63) is 71.8 Å². The van der Waals surface area contributed by atoms with Crippen molar-refractivity contribution >= 4 is 16.8 Å². The molecule has 2 aromatic carbocycles. The van der Waals surface area contributed by atoms with Crippen molar-refractivity contribution in [2.75, 3.05) is 0 Å². The quantitative estimate of drug-likeness (QED) is 0.903. The largest absolute Gasteiger partial charge is 0.369 e. The van der Waals surface area contributed by atoms with E-state index in [1.165, 1.54) is 5.56 Å². The van der Waals surface area contributed by atoms with Crippen molar-refractivity contribution in [3.8, 4) is 0 Å². The topological polar surface area (TPSA) is 32.6 Å². The van der Waals surface area contributed by atoms with E-state index in [1.807, 2.05) is 48.5 Å². The number of benzene rings is 2. The highest BCUT2D eigenvalue weighted by Crippen LogP contribution is 2.43. The first-order valence-corrected chi connectivity index (χ1v) is 7.61. The Morgan fingerprint density at radius 2 is 1.65 bits per heavy atom. The number of hydrogen-bond donors (Lipinski definition) is 1. The zero-order chi connectivity index (χ0) is 14.0. The molecule has 1 aliphatic rings. The van der Waals surface area contributed by atoms with Crippen LogP contribution in [0.5, 0.6) is 0 Å². The van der Waals surface area contributed by atoms with Crippen LogP contribution < -0.4 is 0 Å². The number of nitrogens with zero attached hydrogens (tertiary/aromatic N) is 1. The molecule has 2 atom stereocenters. The molecule has 2 aromatic rings. The van der Waals surface area contributed by atoms with Crippen molar-refractivity contribution in [3.63, 3.8) is 0 Å². The predicted octanol–water partition coefficient (Wildman–Crippen LogP) is 4.02. The van der Waals surface area contributed by atoms with E-state index in [1.54, 1.807) is 18.7 Å². The minimum absolute atomic E-state index is 0.235. The molecule has 0 radical (unpaired) electrons. The fourth-order valence-corrected chi connectivity index (χ4v) is 3.87. The van der Waals surface area contributed by atoms with Crippen LogP contribution in [0.2, 0.25) is 0 Å². The molecule has 0 bridgehead atoms. The Morgan fingerprint density at radius 3 is 2.30 bits per heavy atom. The molecule has 0 saturated heterocycles. The first kappa shape index (κ1) is 13.4. The molecule has 102 valence electrons. The van der Waals surface area contributed by atoms with Crippen LogP contribution in [-0.2, 0) is 0 Å². The maximum atomic E-state index is 10.4. The Kier molecular flexibility index (Phi) is 3.64. The van der Waals surface area contributed by atoms with Gasteiger partial charge in [-0.3, -0.25) is 0 Å². The summed E-state index contributed by atoms with van der Waals surface area (Å²) in [7, 11) is 0.